The minimum absolute atomic E-state index is 0.0363. The van der Waals surface area contributed by atoms with Crippen LogP contribution in [-0.2, 0) is 4.79 Å². The van der Waals surface area contributed by atoms with Gasteiger partial charge in [-0.1, -0.05) is 11.6 Å². The molecule has 5 nitrogen and oxygen atoms in total. The van der Waals surface area contributed by atoms with Crippen LogP contribution in [0.25, 0.3) is 0 Å². The van der Waals surface area contributed by atoms with Crippen LogP contribution >= 0.6 is 23.4 Å². The van der Waals surface area contributed by atoms with E-state index in [2.05, 4.69) is 4.98 Å². The molecule has 3 rings (SSSR count). The minimum atomic E-state index is -0.948. The lowest BCUT2D eigenvalue weighted by molar-refractivity contribution is -0.141. The summed E-state index contributed by atoms with van der Waals surface area (Å²) in [5.41, 5.74) is 1.06. The first kappa shape index (κ1) is 14.7. The van der Waals surface area contributed by atoms with Gasteiger partial charge in [0.05, 0.1) is 5.37 Å². The molecule has 7 heteroatoms. The van der Waals surface area contributed by atoms with Crippen LogP contribution in [0.2, 0.25) is 5.15 Å². The van der Waals surface area contributed by atoms with Crippen molar-refractivity contribution in [2.45, 2.75) is 31.2 Å². The maximum atomic E-state index is 12.8. The first-order valence-corrected chi connectivity index (χ1v) is 8.21. The summed E-state index contributed by atoms with van der Waals surface area (Å²) in [5.74, 6) is -0.352. The Morgan fingerprint density at radius 3 is 2.71 bits per heavy atom. The molecule has 1 amide bonds. The molecule has 0 bridgehead atoms. The molecule has 1 aromatic heterocycles. The number of carbonyl (C=O) groups excluding carboxylic acids is 1. The van der Waals surface area contributed by atoms with Crippen LogP contribution in [0, 0.1) is 12.8 Å². The van der Waals surface area contributed by atoms with Gasteiger partial charge in [-0.05, 0) is 37.8 Å². The van der Waals surface area contributed by atoms with Crippen molar-refractivity contribution in [3.63, 3.8) is 0 Å². The van der Waals surface area contributed by atoms with Crippen molar-refractivity contribution in [3.05, 3.63) is 28.5 Å². The van der Waals surface area contributed by atoms with Gasteiger partial charge in [0.2, 0.25) is 0 Å². The quantitative estimate of drug-likeness (QED) is 0.864. The number of thioether (sulfide) groups is 1. The molecule has 112 valence electrons. The highest BCUT2D eigenvalue weighted by molar-refractivity contribution is 8.00. The molecule has 1 aliphatic carbocycles. The first-order chi connectivity index (χ1) is 9.97. The highest BCUT2D eigenvalue weighted by Gasteiger charge is 2.48. The Balaban J connectivity index is 1.93. The van der Waals surface area contributed by atoms with Crippen molar-refractivity contribution in [2.24, 2.45) is 5.92 Å². The maximum Gasteiger partial charge on any atom is 0.327 e. The fraction of sp³-hybridized carbons (Fsp3) is 0.500. The number of amides is 1. The second-order valence-electron chi connectivity index (χ2n) is 5.45. The fourth-order valence-electron chi connectivity index (χ4n) is 2.62. The van der Waals surface area contributed by atoms with Crippen molar-refractivity contribution >= 4 is 35.2 Å². The zero-order chi connectivity index (χ0) is 15.1. The third kappa shape index (κ3) is 2.87. The summed E-state index contributed by atoms with van der Waals surface area (Å²) in [6, 6.07) is 2.39. The SMILES string of the molecule is Cc1cc(C(=O)N2C(C(=O)O)CSC2C2CC2)cc(Cl)n1. The van der Waals surface area contributed by atoms with Crippen molar-refractivity contribution in [2.75, 3.05) is 5.75 Å². The zero-order valence-corrected chi connectivity index (χ0v) is 13.0. The lowest BCUT2D eigenvalue weighted by atomic mass is 10.1. The summed E-state index contributed by atoms with van der Waals surface area (Å²) in [4.78, 5) is 29.8. The fourth-order valence-corrected chi connectivity index (χ4v) is 4.50. The summed E-state index contributed by atoms with van der Waals surface area (Å²) in [6.07, 6.45) is 2.12. The second kappa shape index (κ2) is 5.50. The Morgan fingerprint density at radius 2 is 2.14 bits per heavy atom. The molecule has 21 heavy (non-hydrogen) atoms. The molecule has 1 aromatic rings. The molecule has 1 saturated heterocycles. The Labute approximate surface area is 131 Å². The van der Waals surface area contributed by atoms with Gasteiger partial charge in [-0.25, -0.2) is 9.78 Å². The first-order valence-electron chi connectivity index (χ1n) is 6.78. The maximum absolute atomic E-state index is 12.8. The molecule has 2 atom stereocenters. The van der Waals surface area contributed by atoms with E-state index in [4.69, 9.17) is 11.6 Å². The number of hydrogen-bond donors (Lipinski definition) is 1. The number of aliphatic carboxylic acids is 1. The Bertz CT molecular complexity index is 586. The molecule has 2 unspecified atom stereocenters. The summed E-state index contributed by atoms with van der Waals surface area (Å²) < 4.78 is 0. The molecule has 1 saturated carbocycles. The van der Waals surface area contributed by atoms with Crippen LogP contribution in [0.1, 0.15) is 28.9 Å². The van der Waals surface area contributed by atoms with Gasteiger partial charge in [-0.3, -0.25) is 4.79 Å². The van der Waals surface area contributed by atoms with Crippen LogP contribution < -0.4 is 0 Å². The van der Waals surface area contributed by atoms with Gasteiger partial charge >= 0.3 is 5.97 Å². The average molecular weight is 327 g/mol. The van der Waals surface area contributed by atoms with E-state index >= 15 is 0 Å². The van der Waals surface area contributed by atoms with Crippen LogP contribution in [0.5, 0.6) is 0 Å². The van der Waals surface area contributed by atoms with Gasteiger partial charge in [0, 0.05) is 17.0 Å². The van der Waals surface area contributed by atoms with Gasteiger partial charge in [0.15, 0.2) is 0 Å². The summed E-state index contributed by atoms with van der Waals surface area (Å²) >= 11 is 7.47. The molecule has 0 radical (unpaired) electrons. The number of hydrogen-bond acceptors (Lipinski definition) is 4. The van der Waals surface area contributed by atoms with Crippen molar-refractivity contribution in [3.8, 4) is 0 Å². The van der Waals surface area contributed by atoms with Gasteiger partial charge in [-0.2, -0.15) is 0 Å². The largest absolute Gasteiger partial charge is 0.480 e. The van der Waals surface area contributed by atoms with Crippen LogP contribution in [0.4, 0.5) is 0 Å². The Kier molecular flexibility index (Phi) is 3.84. The number of carbonyl (C=O) groups is 2. The second-order valence-corrected chi connectivity index (χ2v) is 6.98. The highest BCUT2D eigenvalue weighted by Crippen LogP contribution is 2.45. The van der Waals surface area contributed by atoms with Gasteiger partial charge in [0.25, 0.3) is 5.91 Å². The van der Waals surface area contributed by atoms with Crippen LogP contribution in [-0.4, -0.2) is 44.0 Å². The van der Waals surface area contributed by atoms with Crippen LogP contribution in [0.3, 0.4) is 0 Å². The molecule has 0 aromatic carbocycles. The van der Waals surface area contributed by atoms with Crippen molar-refractivity contribution in [1.29, 1.82) is 0 Å². The normalized spacial score (nSPS) is 25.1. The summed E-state index contributed by atoms with van der Waals surface area (Å²) in [5, 5.41) is 9.58. The van der Waals surface area contributed by atoms with E-state index in [-0.39, 0.29) is 16.4 Å². The van der Waals surface area contributed by atoms with Crippen LogP contribution in [0.15, 0.2) is 12.1 Å². The number of aromatic nitrogens is 1. The van der Waals surface area contributed by atoms with E-state index in [0.717, 1.165) is 12.8 Å². The molecule has 2 fully saturated rings. The molecular weight excluding hydrogens is 312 g/mol. The lowest BCUT2D eigenvalue weighted by Gasteiger charge is -2.27. The van der Waals surface area contributed by atoms with E-state index < -0.39 is 12.0 Å². The smallest absolute Gasteiger partial charge is 0.327 e. The predicted octanol–water partition coefficient (Wildman–Crippen LogP) is 2.42. The molecule has 2 aliphatic rings. The Hall–Kier alpha value is -1.27. The number of aryl methyl sites for hydroxylation is 1. The topological polar surface area (TPSA) is 70.5 Å². The third-order valence-corrected chi connectivity index (χ3v) is 5.40. The Morgan fingerprint density at radius 1 is 1.43 bits per heavy atom. The van der Waals surface area contributed by atoms with E-state index in [9.17, 15) is 14.7 Å². The average Bonchev–Trinajstić information content (AvgIpc) is 3.15. The highest BCUT2D eigenvalue weighted by atomic mass is 35.5. The minimum Gasteiger partial charge on any atom is -0.480 e. The molecular formula is C14H15ClN2O3S. The zero-order valence-electron chi connectivity index (χ0n) is 11.5. The number of rotatable bonds is 3. The molecule has 1 aliphatic heterocycles. The van der Waals surface area contributed by atoms with E-state index in [1.807, 2.05) is 0 Å². The lowest BCUT2D eigenvalue weighted by Crippen LogP contribution is -2.46. The number of carboxylic acid groups (broad SMARTS) is 1. The van der Waals surface area contributed by atoms with E-state index in [1.54, 1.807) is 24.8 Å². The standard InChI is InChI=1S/C14H15ClN2O3S/c1-7-4-9(5-11(15)16-7)12(18)17-10(14(19)20)6-21-13(17)8-2-3-8/h4-5,8,10,13H,2-3,6H2,1H3,(H,19,20). The number of halogens is 1. The molecule has 1 N–H and O–H groups in total. The summed E-state index contributed by atoms with van der Waals surface area (Å²) in [7, 11) is 0. The molecule has 0 spiro atoms. The third-order valence-electron chi connectivity index (χ3n) is 3.75. The van der Waals surface area contributed by atoms with E-state index in [0.29, 0.717) is 22.9 Å². The van der Waals surface area contributed by atoms with E-state index in [1.165, 1.54) is 11.0 Å². The molecule has 2 heterocycles. The van der Waals surface area contributed by atoms with Gasteiger partial charge < -0.3 is 10.0 Å². The predicted molar refractivity (Wildman–Crippen MR) is 80.5 cm³/mol. The number of carboxylic acids is 1. The van der Waals surface area contributed by atoms with Crippen molar-refractivity contribution in [1.82, 2.24) is 9.88 Å². The number of nitrogens with zero attached hydrogens (tertiary/aromatic N) is 2. The summed E-state index contributed by atoms with van der Waals surface area (Å²) in [6.45, 7) is 1.76. The van der Waals surface area contributed by atoms with Gasteiger partial charge in [-0.15, -0.1) is 11.8 Å². The van der Waals surface area contributed by atoms with Gasteiger partial charge in [0.1, 0.15) is 11.2 Å². The van der Waals surface area contributed by atoms with Crippen molar-refractivity contribution < 1.29 is 14.7 Å². The number of pyridine rings is 1. The monoisotopic (exact) mass is 326 g/mol.